The Kier molecular flexibility index (Phi) is 2.68. The van der Waals surface area contributed by atoms with Gasteiger partial charge in [-0.25, -0.2) is 4.79 Å². The van der Waals surface area contributed by atoms with Crippen LogP contribution in [0.4, 0.5) is 4.79 Å². The molecule has 90 valence electrons. The first kappa shape index (κ1) is 10.5. The lowest BCUT2D eigenvalue weighted by atomic mass is 10.0. The number of carbonyl (C=O) groups excluding carboxylic acids is 1. The van der Waals surface area contributed by atoms with E-state index < -0.39 is 0 Å². The number of nitrogens with one attached hydrogen (secondary N) is 1. The van der Waals surface area contributed by atoms with Crippen molar-refractivity contribution in [3.8, 4) is 0 Å². The molecule has 2 fully saturated rings. The van der Waals surface area contributed by atoms with Crippen LogP contribution in [0.25, 0.3) is 0 Å². The van der Waals surface area contributed by atoms with Crippen molar-refractivity contribution in [2.24, 2.45) is 0 Å². The molecular formula is C12H15N3O2. The van der Waals surface area contributed by atoms with E-state index in [2.05, 4.69) is 10.3 Å². The normalized spacial score (nSPS) is 27.8. The third-order valence-electron chi connectivity index (χ3n) is 3.34. The fraction of sp³-hybridized carbons (Fsp3) is 0.500. The average molecular weight is 233 g/mol. The summed E-state index contributed by atoms with van der Waals surface area (Å²) in [4.78, 5) is 17.8. The van der Waals surface area contributed by atoms with Gasteiger partial charge in [0.2, 0.25) is 0 Å². The molecule has 1 N–H and O–H groups in total. The monoisotopic (exact) mass is 233 g/mol. The van der Waals surface area contributed by atoms with Gasteiger partial charge in [0.25, 0.3) is 0 Å². The summed E-state index contributed by atoms with van der Waals surface area (Å²) < 4.78 is 5.35. The van der Waals surface area contributed by atoms with Crippen molar-refractivity contribution in [1.29, 1.82) is 0 Å². The molecule has 2 saturated heterocycles. The van der Waals surface area contributed by atoms with Crippen LogP contribution in [-0.2, 0) is 11.3 Å². The number of rotatable bonds is 2. The largest absolute Gasteiger partial charge is 0.443 e. The molecule has 0 radical (unpaired) electrons. The number of carbonyl (C=O) groups is 1. The molecule has 1 amide bonds. The number of hydrogen-bond acceptors (Lipinski definition) is 4. The van der Waals surface area contributed by atoms with Crippen molar-refractivity contribution in [2.45, 2.75) is 25.1 Å². The number of amides is 1. The molecular weight excluding hydrogens is 218 g/mol. The van der Waals surface area contributed by atoms with Gasteiger partial charge >= 0.3 is 6.09 Å². The molecule has 2 aliphatic heterocycles. The van der Waals surface area contributed by atoms with Gasteiger partial charge in [-0.05, 0) is 25.1 Å². The topological polar surface area (TPSA) is 54.5 Å². The zero-order valence-corrected chi connectivity index (χ0v) is 9.50. The maximum atomic E-state index is 11.8. The maximum Gasteiger partial charge on any atom is 0.410 e. The summed E-state index contributed by atoms with van der Waals surface area (Å²) in [5.41, 5.74) is 0.906. The SMILES string of the molecule is O=C1OC2CNCCC2N1Cc1ccccn1. The molecule has 0 bridgehead atoms. The van der Waals surface area contributed by atoms with Crippen LogP contribution >= 0.6 is 0 Å². The lowest BCUT2D eigenvalue weighted by Gasteiger charge is -2.28. The quantitative estimate of drug-likeness (QED) is 0.819. The zero-order chi connectivity index (χ0) is 11.7. The summed E-state index contributed by atoms with van der Waals surface area (Å²) in [7, 11) is 0. The molecule has 17 heavy (non-hydrogen) atoms. The zero-order valence-electron chi connectivity index (χ0n) is 9.50. The minimum absolute atomic E-state index is 0.0000350. The first-order valence-corrected chi connectivity index (χ1v) is 5.92. The number of piperidine rings is 1. The van der Waals surface area contributed by atoms with Gasteiger partial charge in [-0.3, -0.25) is 9.88 Å². The van der Waals surface area contributed by atoms with Gasteiger partial charge in [0.15, 0.2) is 0 Å². The molecule has 3 rings (SSSR count). The fourth-order valence-electron chi connectivity index (χ4n) is 2.47. The minimum Gasteiger partial charge on any atom is -0.443 e. The Morgan fingerprint density at radius 2 is 2.47 bits per heavy atom. The highest BCUT2D eigenvalue weighted by Gasteiger charge is 2.42. The van der Waals surface area contributed by atoms with E-state index in [1.165, 1.54) is 0 Å². The van der Waals surface area contributed by atoms with Crippen LogP contribution in [-0.4, -0.2) is 41.2 Å². The number of pyridine rings is 1. The molecule has 3 heterocycles. The third kappa shape index (κ3) is 1.98. The summed E-state index contributed by atoms with van der Waals surface area (Å²) in [6.07, 6.45) is 2.48. The molecule has 2 unspecified atom stereocenters. The van der Waals surface area contributed by atoms with Crippen LogP contribution in [0.3, 0.4) is 0 Å². The molecule has 5 heteroatoms. The molecule has 2 aliphatic rings. The van der Waals surface area contributed by atoms with Crippen molar-refractivity contribution in [3.05, 3.63) is 30.1 Å². The Bertz CT molecular complexity index is 409. The van der Waals surface area contributed by atoms with E-state index in [1.807, 2.05) is 18.2 Å². The highest BCUT2D eigenvalue weighted by molar-refractivity contribution is 5.70. The van der Waals surface area contributed by atoms with E-state index in [9.17, 15) is 4.79 Å². The van der Waals surface area contributed by atoms with Gasteiger partial charge < -0.3 is 10.1 Å². The van der Waals surface area contributed by atoms with E-state index in [4.69, 9.17) is 4.74 Å². The van der Waals surface area contributed by atoms with Gasteiger partial charge in [-0.15, -0.1) is 0 Å². The highest BCUT2D eigenvalue weighted by atomic mass is 16.6. The lowest BCUT2D eigenvalue weighted by Crippen LogP contribution is -2.47. The first-order chi connectivity index (χ1) is 8.34. The highest BCUT2D eigenvalue weighted by Crippen LogP contribution is 2.25. The molecule has 2 atom stereocenters. The summed E-state index contributed by atoms with van der Waals surface area (Å²) in [6.45, 7) is 2.24. The van der Waals surface area contributed by atoms with Gasteiger partial charge in [-0.1, -0.05) is 6.07 Å². The number of hydrogen-bond donors (Lipinski definition) is 1. The van der Waals surface area contributed by atoms with Crippen molar-refractivity contribution in [2.75, 3.05) is 13.1 Å². The van der Waals surface area contributed by atoms with Crippen LogP contribution in [0.1, 0.15) is 12.1 Å². The Balaban J connectivity index is 1.76. The average Bonchev–Trinajstić information content (AvgIpc) is 2.68. The van der Waals surface area contributed by atoms with Crippen molar-refractivity contribution in [3.63, 3.8) is 0 Å². The van der Waals surface area contributed by atoms with Crippen LogP contribution in [0.2, 0.25) is 0 Å². The molecule has 1 aromatic heterocycles. The summed E-state index contributed by atoms with van der Waals surface area (Å²) in [5.74, 6) is 0. The van der Waals surface area contributed by atoms with Gasteiger partial charge in [0.1, 0.15) is 6.10 Å². The molecule has 0 aromatic carbocycles. The summed E-state index contributed by atoms with van der Waals surface area (Å²) in [5, 5.41) is 3.24. The third-order valence-corrected chi connectivity index (χ3v) is 3.34. The number of ether oxygens (including phenoxy) is 1. The van der Waals surface area contributed by atoms with Crippen LogP contribution in [0.15, 0.2) is 24.4 Å². The van der Waals surface area contributed by atoms with Crippen molar-refractivity contribution in [1.82, 2.24) is 15.2 Å². The van der Waals surface area contributed by atoms with Crippen LogP contribution in [0.5, 0.6) is 0 Å². The Morgan fingerprint density at radius 1 is 1.53 bits per heavy atom. The Morgan fingerprint density at radius 3 is 3.29 bits per heavy atom. The molecule has 1 aromatic rings. The second-order valence-corrected chi connectivity index (χ2v) is 4.43. The van der Waals surface area contributed by atoms with E-state index in [0.717, 1.165) is 25.2 Å². The minimum atomic E-state index is -0.214. The molecule has 5 nitrogen and oxygen atoms in total. The maximum absolute atomic E-state index is 11.8. The van der Waals surface area contributed by atoms with Gasteiger partial charge in [0.05, 0.1) is 18.3 Å². The Labute approximate surface area is 99.8 Å². The molecule has 0 aliphatic carbocycles. The van der Waals surface area contributed by atoms with E-state index >= 15 is 0 Å². The van der Waals surface area contributed by atoms with Crippen LogP contribution in [0, 0.1) is 0 Å². The number of nitrogens with zero attached hydrogens (tertiary/aromatic N) is 2. The van der Waals surface area contributed by atoms with Crippen molar-refractivity contribution < 1.29 is 9.53 Å². The van der Waals surface area contributed by atoms with E-state index in [-0.39, 0.29) is 18.2 Å². The molecule has 0 spiro atoms. The fourth-order valence-corrected chi connectivity index (χ4v) is 2.47. The number of aromatic nitrogens is 1. The first-order valence-electron chi connectivity index (χ1n) is 5.92. The summed E-state index contributed by atoms with van der Waals surface area (Å²) in [6, 6.07) is 5.94. The Hall–Kier alpha value is -1.62. The second-order valence-electron chi connectivity index (χ2n) is 4.43. The predicted molar refractivity (Wildman–Crippen MR) is 61.3 cm³/mol. The predicted octanol–water partition coefficient (Wildman–Crippen LogP) is 0.764. The number of fused-ring (bicyclic) bond motifs is 1. The molecule has 0 saturated carbocycles. The van der Waals surface area contributed by atoms with Crippen molar-refractivity contribution >= 4 is 6.09 Å². The van der Waals surface area contributed by atoms with E-state index in [0.29, 0.717) is 6.54 Å². The lowest BCUT2D eigenvalue weighted by molar-refractivity contribution is 0.121. The smallest absolute Gasteiger partial charge is 0.410 e. The second kappa shape index (κ2) is 4.33. The summed E-state index contributed by atoms with van der Waals surface area (Å²) >= 11 is 0. The van der Waals surface area contributed by atoms with E-state index in [1.54, 1.807) is 11.1 Å². The standard InChI is InChI=1S/C12H15N3O2/c16-12-15(8-9-3-1-2-5-14-9)10-4-6-13-7-11(10)17-12/h1-3,5,10-11,13H,4,6-8H2. The van der Waals surface area contributed by atoms with Gasteiger partial charge in [-0.2, -0.15) is 0 Å². The van der Waals surface area contributed by atoms with Gasteiger partial charge in [0, 0.05) is 12.7 Å². The van der Waals surface area contributed by atoms with Crippen LogP contribution < -0.4 is 5.32 Å².